The summed E-state index contributed by atoms with van der Waals surface area (Å²) in [5.41, 5.74) is 1.28. The summed E-state index contributed by atoms with van der Waals surface area (Å²) in [5, 5.41) is 0. The minimum atomic E-state index is 1.05. The zero-order valence-corrected chi connectivity index (χ0v) is 21.4. The van der Waals surface area contributed by atoms with Crippen LogP contribution in [0.5, 0.6) is 0 Å². The van der Waals surface area contributed by atoms with Gasteiger partial charge in [0.15, 0.2) is 0 Å². The highest BCUT2D eigenvalue weighted by atomic mass is 15.1. The molecule has 0 aliphatic rings. The van der Waals surface area contributed by atoms with Crippen LogP contribution in [0.4, 0.5) is 0 Å². The summed E-state index contributed by atoms with van der Waals surface area (Å²) in [6.45, 7) is 5.59. The van der Waals surface area contributed by atoms with Crippen molar-refractivity contribution in [2.45, 2.75) is 136 Å². The smallest absolute Gasteiger partial charge is 0.234 e. The van der Waals surface area contributed by atoms with Crippen LogP contribution in [0.25, 0.3) is 5.69 Å². The number of hydrogen-bond acceptors (Lipinski definition) is 0. The van der Waals surface area contributed by atoms with E-state index < -0.39 is 0 Å². The first kappa shape index (κ1) is 26.7. The predicted molar refractivity (Wildman–Crippen MR) is 140 cm³/mol. The molecule has 1 heterocycles. The van der Waals surface area contributed by atoms with Crippen molar-refractivity contribution in [3.63, 3.8) is 0 Å². The number of aryl methyl sites for hydroxylation is 1. The standard InChI is InChI=1S/C30H51N2/c1-3-5-6-7-8-9-10-11-12-13-14-15-16-17-18-19-23-26-30-31(4-2)27-28-32(30)29-24-21-20-22-25-29/h20-22,24-25,27-28H,3-19,23,26H2,1-2H3/q+1. The molecule has 0 aliphatic carbocycles. The Labute approximate surface area is 199 Å². The number of unbranched alkanes of at least 4 members (excludes halogenated alkanes) is 16. The average Bonchev–Trinajstić information content (AvgIpc) is 3.24. The molecule has 1 aromatic carbocycles. The Balaban J connectivity index is 1.44. The molecule has 1 aromatic heterocycles. The van der Waals surface area contributed by atoms with Gasteiger partial charge < -0.3 is 0 Å². The third-order valence-corrected chi connectivity index (χ3v) is 6.88. The lowest BCUT2D eigenvalue weighted by Crippen LogP contribution is -2.35. The molecule has 0 radical (unpaired) electrons. The van der Waals surface area contributed by atoms with Crippen LogP contribution in [-0.4, -0.2) is 4.57 Å². The fraction of sp³-hybridized carbons (Fsp3) is 0.700. The molecule has 0 spiro atoms. The average molecular weight is 440 g/mol. The van der Waals surface area contributed by atoms with E-state index in [0.717, 1.165) is 6.54 Å². The first-order chi connectivity index (χ1) is 15.9. The van der Waals surface area contributed by atoms with E-state index in [4.69, 9.17) is 0 Å². The van der Waals surface area contributed by atoms with E-state index in [9.17, 15) is 0 Å². The van der Waals surface area contributed by atoms with Gasteiger partial charge in [-0.1, -0.05) is 128 Å². The summed E-state index contributed by atoms with van der Waals surface area (Å²) >= 11 is 0. The Morgan fingerprint density at radius 1 is 0.594 bits per heavy atom. The lowest BCUT2D eigenvalue weighted by molar-refractivity contribution is -0.700. The Hall–Kier alpha value is -1.57. The Morgan fingerprint density at radius 2 is 1.06 bits per heavy atom. The fourth-order valence-corrected chi connectivity index (χ4v) is 4.84. The van der Waals surface area contributed by atoms with E-state index in [1.165, 1.54) is 127 Å². The second-order valence-electron chi connectivity index (χ2n) is 9.61. The molecule has 0 aliphatic heterocycles. The lowest BCUT2D eigenvalue weighted by Gasteiger charge is -2.05. The van der Waals surface area contributed by atoms with Crippen LogP contribution in [0.3, 0.4) is 0 Å². The molecule has 32 heavy (non-hydrogen) atoms. The molecule has 0 N–H and O–H groups in total. The van der Waals surface area contributed by atoms with Crippen LogP contribution in [-0.2, 0) is 13.0 Å². The highest BCUT2D eigenvalue weighted by Gasteiger charge is 2.17. The summed E-state index contributed by atoms with van der Waals surface area (Å²) < 4.78 is 4.77. The quantitative estimate of drug-likeness (QED) is 0.144. The topological polar surface area (TPSA) is 8.81 Å². The molecule has 0 unspecified atom stereocenters. The maximum Gasteiger partial charge on any atom is 0.261 e. The van der Waals surface area contributed by atoms with E-state index in [1.807, 2.05) is 0 Å². The highest BCUT2D eigenvalue weighted by Crippen LogP contribution is 2.15. The normalized spacial score (nSPS) is 11.3. The van der Waals surface area contributed by atoms with Crippen molar-refractivity contribution in [3.8, 4) is 5.69 Å². The summed E-state index contributed by atoms with van der Waals surface area (Å²) in [6.07, 6.45) is 30.0. The van der Waals surface area contributed by atoms with Crippen molar-refractivity contribution in [3.05, 3.63) is 48.5 Å². The van der Waals surface area contributed by atoms with Gasteiger partial charge in [0.05, 0.1) is 6.54 Å². The predicted octanol–water partition coefficient (Wildman–Crippen LogP) is 8.98. The van der Waals surface area contributed by atoms with Gasteiger partial charge >= 0.3 is 0 Å². The van der Waals surface area contributed by atoms with Crippen molar-refractivity contribution in [2.75, 3.05) is 0 Å². The number of nitrogens with zero attached hydrogens (tertiary/aromatic N) is 2. The molecule has 2 heteroatoms. The van der Waals surface area contributed by atoms with Crippen LogP contribution in [0.2, 0.25) is 0 Å². The highest BCUT2D eigenvalue weighted by molar-refractivity contribution is 5.31. The zero-order valence-electron chi connectivity index (χ0n) is 21.4. The van der Waals surface area contributed by atoms with Crippen molar-refractivity contribution >= 4 is 0 Å². The number of para-hydroxylation sites is 1. The van der Waals surface area contributed by atoms with Crippen molar-refractivity contribution in [1.82, 2.24) is 4.57 Å². The largest absolute Gasteiger partial charge is 0.261 e. The van der Waals surface area contributed by atoms with E-state index in [1.54, 1.807) is 0 Å². The number of rotatable bonds is 20. The Bertz CT molecular complexity index is 673. The van der Waals surface area contributed by atoms with E-state index in [-0.39, 0.29) is 0 Å². The van der Waals surface area contributed by atoms with E-state index in [0.29, 0.717) is 0 Å². The van der Waals surface area contributed by atoms with Crippen LogP contribution in [0.1, 0.15) is 129 Å². The first-order valence-corrected chi connectivity index (χ1v) is 14.0. The maximum absolute atomic E-state index is 2.40. The molecule has 0 saturated heterocycles. The summed E-state index contributed by atoms with van der Waals surface area (Å²) in [7, 11) is 0. The molecule has 0 bridgehead atoms. The van der Waals surface area contributed by atoms with Gasteiger partial charge in [-0.3, -0.25) is 0 Å². The molecule has 0 fully saturated rings. The molecule has 2 nitrogen and oxygen atoms in total. The Morgan fingerprint density at radius 3 is 1.53 bits per heavy atom. The molecule has 2 rings (SSSR count). The van der Waals surface area contributed by atoms with Gasteiger partial charge in [0.1, 0.15) is 18.1 Å². The van der Waals surface area contributed by atoms with Gasteiger partial charge in [0.25, 0.3) is 5.82 Å². The number of benzene rings is 1. The molecular formula is C30H51N2+. The van der Waals surface area contributed by atoms with Gasteiger partial charge in [-0.25, -0.2) is 4.57 Å². The molecule has 180 valence electrons. The third kappa shape index (κ3) is 10.8. The third-order valence-electron chi connectivity index (χ3n) is 6.88. The second-order valence-corrected chi connectivity index (χ2v) is 9.61. The van der Waals surface area contributed by atoms with Crippen LogP contribution in [0, 0.1) is 0 Å². The van der Waals surface area contributed by atoms with Gasteiger partial charge in [0.2, 0.25) is 0 Å². The minimum Gasteiger partial charge on any atom is -0.234 e. The lowest BCUT2D eigenvalue weighted by atomic mass is 10.0. The minimum absolute atomic E-state index is 1.05. The summed E-state index contributed by atoms with van der Waals surface area (Å²) in [4.78, 5) is 0. The molecule has 0 saturated carbocycles. The van der Waals surface area contributed by atoms with Crippen LogP contribution >= 0.6 is 0 Å². The number of aromatic nitrogens is 2. The second kappa shape index (κ2) is 17.9. The number of imidazole rings is 1. The SMILES string of the molecule is CCCCCCCCCCCCCCCCCCCc1n(-c2ccccc2)cc[n+]1CC. The van der Waals surface area contributed by atoms with Gasteiger partial charge in [-0.05, 0) is 25.5 Å². The molecular weight excluding hydrogens is 388 g/mol. The van der Waals surface area contributed by atoms with Crippen LogP contribution < -0.4 is 4.57 Å². The summed E-state index contributed by atoms with van der Waals surface area (Å²) in [5.74, 6) is 1.44. The van der Waals surface area contributed by atoms with Crippen molar-refractivity contribution in [1.29, 1.82) is 0 Å². The van der Waals surface area contributed by atoms with Crippen molar-refractivity contribution < 1.29 is 4.57 Å². The van der Waals surface area contributed by atoms with Gasteiger partial charge in [0, 0.05) is 6.42 Å². The number of hydrogen-bond donors (Lipinski definition) is 0. The van der Waals surface area contributed by atoms with Crippen LogP contribution in [0.15, 0.2) is 42.7 Å². The monoisotopic (exact) mass is 439 g/mol. The molecule has 0 amide bonds. The molecule has 0 atom stereocenters. The van der Waals surface area contributed by atoms with E-state index in [2.05, 4.69) is 65.7 Å². The fourth-order valence-electron chi connectivity index (χ4n) is 4.84. The van der Waals surface area contributed by atoms with Gasteiger partial charge in [-0.15, -0.1) is 0 Å². The van der Waals surface area contributed by atoms with Gasteiger partial charge in [-0.2, -0.15) is 4.57 Å². The van der Waals surface area contributed by atoms with E-state index >= 15 is 0 Å². The zero-order chi connectivity index (χ0) is 22.7. The van der Waals surface area contributed by atoms with Crippen molar-refractivity contribution in [2.24, 2.45) is 0 Å². The maximum atomic E-state index is 2.40. The molecule has 2 aromatic rings. The Kier molecular flexibility index (Phi) is 14.9. The summed E-state index contributed by atoms with van der Waals surface area (Å²) in [6, 6.07) is 10.8. The first-order valence-electron chi connectivity index (χ1n) is 14.0.